The van der Waals surface area contributed by atoms with Gasteiger partial charge >= 0.3 is 11.9 Å². The van der Waals surface area contributed by atoms with Gasteiger partial charge in [-0.05, 0) is 44.9 Å². The number of halogens is 2. The highest BCUT2D eigenvalue weighted by molar-refractivity contribution is 7.11. The first-order valence-electron chi connectivity index (χ1n) is 13.3. The van der Waals surface area contributed by atoms with Crippen molar-refractivity contribution in [3.63, 3.8) is 0 Å². The number of rotatable bonds is 9. The van der Waals surface area contributed by atoms with Crippen molar-refractivity contribution in [2.75, 3.05) is 24.6 Å². The first kappa shape index (κ1) is 28.5. The number of aliphatic carboxylic acids is 1. The summed E-state index contributed by atoms with van der Waals surface area (Å²) in [4.78, 5) is 36.1. The van der Waals surface area contributed by atoms with Crippen LogP contribution in [0.3, 0.4) is 0 Å². The zero-order valence-electron chi connectivity index (χ0n) is 23.2. The van der Waals surface area contributed by atoms with Gasteiger partial charge in [-0.2, -0.15) is 0 Å². The molecule has 9 nitrogen and oxygen atoms in total. The number of esters is 1. The molecule has 12 heteroatoms. The van der Waals surface area contributed by atoms with Gasteiger partial charge < -0.3 is 24.6 Å². The number of nitrogens with zero attached hydrogens (tertiary/aromatic N) is 4. The molecule has 0 saturated heterocycles. The maximum atomic E-state index is 15.4. The van der Waals surface area contributed by atoms with Crippen LogP contribution in [0.5, 0.6) is 0 Å². The lowest BCUT2D eigenvalue weighted by Crippen LogP contribution is -2.38. The predicted molar refractivity (Wildman–Crippen MR) is 151 cm³/mol. The number of allylic oxidation sites excluding steroid dienone is 1. The van der Waals surface area contributed by atoms with Gasteiger partial charge in [0.1, 0.15) is 11.9 Å². The van der Waals surface area contributed by atoms with Crippen LogP contribution in [0, 0.1) is 24.0 Å². The van der Waals surface area contributed by atoms with Crippen molar-refractivity contribution in [1.82, 2.24) is 14.9 Å². The molecule has 0 bridgehead atoms. The van der Waals surface area contributed by atoms with Crippen LogP contribution >= 0.6 is 11.3 Å². The van der Waals surface area contributed by atoms with Gasteiger partial charge in [-0.1, -0.05) is 12.1 Å². The minimum absolute atomic E-state index is 0.0752. The summed E-state index contributed by atoms with van der Waals surface area (Å²) in [6.07, 6.45) is 3.49. The molecule has 2 N–H and O–H groups in total. The van der Waals surface area contributed by atoms with E-state index in [0.717, 1.165) is 0 Å². The van der Waals surface area contributed by atoms with E-state index in [9.17, 15) is 19.1 Å². The van der Waals surface area contributed by atoms with Gasteiger partial charge in [-0.25, -0.2) is 18.6 Å². The number of benzene rings is 1. The second-order valence-corrected chi connectivity index (χ2v) is 11.6. The summed E-state index contributed by atoms with van der Waals surface area (Å²) in [5.41, 5.74) is 1.47. The molecular formula is C29H31F2N5O4S. The third-order valence-electron chi connectivity index (χ3n) is 7.40. The first-order chi connectivity index (χ1) is 19.5. The Hall–Kier alpha value is -4.06. The molecule has 2 aromatic heterocycles. The Balaban J connectivity index is 1.60. The average Bonchev–Trinajstić information content (AvgIpc) is 3.66. The van der Waals surface area contributed by atoms with E-state index in [-0.39, 0.29) is 25.3 Å². The van der Waals surface area contributed by atoms with Crippen molar-refractivity contribution in [1.29, 1.82) is 0 Å². The van der Waals surface area contributed by atoms with E-state index in [1.54, 1.807) is 60.9 Å². The average molecular weight is 584 g/mol. The molecule has 2 aliphatic rings. The number of carboxylic acids is 1. The number of carboxylic acid groups (broad SMARTS) is 1. The van der Waals surface area contributed by atoms with Crippen molar-refractivity contribution >= 4 is 34.8 Å². The third-order valence-corrected chi connectivity index (χ3v) is 8.18. The molecule has 0 spiro atoms. The number of ether oxygens (including phenoxy) is 1. The van der Waals surface area contributed by atoms with Crippen LogP contribution in [0.25, 0.3) is 0 Å². The fraction of sp³-hybridized carbons (Fsp3) is 0.379. The number of fused-ring (bicyclic) bond motifs is 1. The molecule has 1 aromatic carbocycles. The lowest BCUT2D eigenvalue weighted by atomic mass is 9.92. The summed E-state index contributed by atoms with van der Waals surface area (Å²) in [7, 11) is 0. The van der Waals surface area contributed by atoms with Gasteiger partial charge in [0.25, 0.3) is 0 Å². The lowest BCUT2D eigenvalue weighted by Gasteiger charge is -2.28. The van der Waals surface area contributed by atoms with E-state index in [2.05, 4.69) is 10.3 Å². The molecule has 0 aliphatic carbocycles. The normalized spacial score (nSPS) is 16.9. The molecule has 0 saturated carbocycles. The summed E-state index contributed by atoms with van der Waals surface area (Å²) in [5.74, 6) is -2.06. The standard InChI is InChI=1S/C29H31F2N5O4S/c1-5-40-27(37)22-20(14-36-13-19(31)24-21(36)9-11-35(24)15-29(3,4)28(38)39)33-25(26-32-10-12-41-26)34-23(22)17-7-6-8-18(30)16(17)2/h6-8,10,12-13,23H,5,9,11,14-15H2,1-4H3,(H,33,34)(H,38,39)/t23-/m0/s1. The number of carbonyl (C=O) groups is 2. The summed E-state index contributed by atoms with van der Waals surface area (Å²) in [6, 6.07) is 3.76. The van der Waals surface area contributed by atoms with Crippen molar-refractivity contribution in [2.45, 2.75) is 46.7 Å². The summed E-state index contributed by atoms with van der Waals surface area (Å²) >= 11 is 1.36. The number of hydrogen-bond acceptors (Lipinski definition) is 8. The second kappa shape index (κ2) is 11.1. The SMILES string of the molecule is CCOC(=O)C1=C(Cn2cc(F)c3c2CCN3CC(C)(C)C(=O)O)NC(c2nccs2)=N[C@H]1c1cccc(F)c1C. The van der Waals surface area contributed by atoms with Gasteiger partial charge in [-0.3, -0.25) is 9.79 Å². The van der Waals surface area contributed by atoms with Crippen molar-refractivity contribution in [3.8, 4) is 0 Å². The van der Waals surface area contributed by atoms with Gasteiger partial charge in [0.15, 0.2) is 16.7 Å². The fourth-order valence-electron chi connectivity index (χ4n) is 5.28. The Labute approximate surface area is 240 Å². The van der Waals surface area contributed by atoms with E-state index in [0.29, 0.717) is 52.0 Å². The number of anilines is 1. The molecule has 5 rings (SSSR count). The Morgan fingerprint density at radius 1 is 1.27 bits per heavy atom. The summed E-state index contributed by atoms with van der Waals surface area (Å²) in [5, 5.41) is 15.2. The largest absolute Gasteiger partial charge is 0.481 e. The molecule has 0 radical (unpaired) electrons. The number of aromatic nitrogens is 2. The number of amidine groups is 1. The Morgan fingerprint density at radius 3 is 2.73 bits per heavy atom. The molecule has 216 valence electrons. The van der Waals surface area contributed by atoms with Gasteiger partial charge in [-0.15, -0.1) is 11.3 Å². The minimum atomic E-state index is -1.07. The zero-order chi connectivity index (χ0) is 29.5. The number of thiazole rings is 1. The molecule has 3 aromatic rings. The monoisotopic (exact) mass is 583 g/mol. The number of carbonyl (C=O) groups excluding carboxylic acids is 1. The molecule has 4 heterocycles. The summed E-state index contributed by atoms with van der Waals surface area (Å²) < 4.78 is 37.2. The van der Waals surface area contributed by atoms with Crippen molar-refractivity contribution < 1.29 is 28.2 Å². The van der Waals surface area contributed by atoms with E-state index in [1.165, 1.54) is 23.6 Å². The minimum Gasteiger partial charge on any atom is -0.481 e. The van der Waals surface area contributed by atoms with Crippen LogP contribution in [-0.4, -0.2) is 52.1 Å². The third kappa shape index (κ3) is 5.35. The highest BCUT2D eigenvalue weighted by Crippen LogP contribution is 2.38. The second-order valence-electron chi connectivity index (χ2n) is 10.7. The Morgan fingerprint density at radius 2 is 2.05 bits per heavy atom. The van der Waals surface area contributed by atoms with Crippen LogP contribution in [0.2, 0.25) is 0 Å². The molecule has 41 heavy (non-hydrogen) atoms. The van der Waals surface area contributed by atoms with E-state index in [1.807, 2.05) is 0 Å². The zero-order valence-corrected chi connectivity index (χ0v) is 24.0. The molecule has 2 aliphatic heterocycles. The van der Waals surface area contributed by atoms with E-state index < -0.39 is 35.0 Å². The van der Waals surface area contributed by atoms with Crippen molar-refractivity contribution in [3.05, 3.63) is 80.7 Å². The lowest BCUT2D eigenvalue weighted by molar-refractivity contribution is -0.146. The number of nitrogens with one attached hydrogen (secondary N) is 1. The number of aliphatic imine (C=N–C) groups is 1. The quantitative estimate of drug-likeness (QED) is 0.354. The van der Waals surface area contributed by atoms with E-state index in [4.69, 9.17) is 9.73 Å². The van der Waals surface area contributed by atoms with Crippen LogP contribution in [0.4, 0.5) is 14.5 Å². The van der Waals surface area contributed by atoms with Crippen molar-refractivity contribution in [2.24, 2.45) is 10.4 Å². The number of hydrogen-bond donors (Lipinski definition) is 2. The van der Waals surface area contributed by atoms with Gasteiger partial charge in [0.05, 0.1) is 29.8 Å². The first-order valence-corrected chi connectivity index (χ1v) is 14.2. The van der Waals surface area contributed by atoms with Crippen LogP contribution in [0.1, 0.15) is 48.6 Å². The fourth-order valence-corrected chi connectivity index (χ4v) is 5.86. The Bertz CT molecular complexity index is 1560. The molecule has 0 amide bonds. The molecule has 0 fully saturated rings. The van der Waals surface area contributed by atoms with Gasteiger partial charge in [0, 0.05) is 48.7 Å². The van der Waals surface area contributed by atoms with E-state index >= 15 is 4.39 Å². The summed E-state index contributed by atoms with van der Waals surface area (Å²) in [6.45, 7) is 7.36. The highest BCUT2D eigenvalue weighted by atomic mass is 32.1. The van der Waals surface area contributed by atoms with Crippen LogP contribution in [-0.2, 0) is 27.3 Å². The molecule has 0 unspecified atom stereocenters. The topological polar surface area (TPSA) is 109 Å². The molecular weight excluding hydrogens is 552 g/mol. The smallest absolute Gasteiger partial charge is 0.338 e. The highest BCUT2D eigenvalue weighted by Gasteiger charge is 2.37. The van der Waals surface area contributed by atoms with Gasteiger partial charge in [0.2, 0.25) is 0 Å². The Kier molecular flexibility index (Phi) is 7.69. The van der Waals surface area contributed by atoms with Crippen LogP contribution < -0.4 is 10.2 Å². The predicted octanol–water partition coefficient (Wildman–Crippen LogP) is 4.61. The maximum absolute atomic E-state index is 15.4. The van der Waals surface area contributed by atoms with Crippen LogP contribution in [0.15, 0.2) is 52.2 Å². The maximum Gasteiger partial charge on any atom is 0.338 e. The molecule has 1 atom stereocenters.